The first kappa shape index (κ1) is 22.2. The van der Waals surface area contributed by atoms with E-state index in [0.29, 0.717) is 55.6 Å². The number of anilines is 1. The maximum absolute atomic E-state index is 13.0. The topological polar surface area (TPSA) is 64.1 Å². The van der Waals surface area contributed by atoms with Crippen LogP contribution in [-0.4, -0.2) is 71.1 Å². The number of benzene rings is 2. The van der Waals surface area contributed by atoms with Crippen LogP contribution in [0, 0.1) is 0 Å². The normalized spacial score (nSPS) is 19.1. The Bertz CT molecular complexity index is 1100. The van der Waals surface area contributed by atoms with Crippen LogP contribution in [0.15, 0.2) is 36.4 Å². The smallest absolute Gasteiger partial charge is 0.254 e. The number of aliphatic hydroxyl groups is 1. The van der Waals surface area contributed by atoms with Gasteiger partial charge in [-0.15, -0.1) is 0 Å². The first-order valence-corrected chi connectivity index (χ1v) is 12.2. The molecule has 0 bridgehead atoms. The quantitative estimate of drug-likeness (QED) is 0.746. The summed E-state index contributed by atoms with van der Waals surface area (Å²) >= 11 is 6.64. The van der Waals surface area contributed by atoms with Crippen LogP contribution >= 0.6 is 11.6 Å². The fourth-order valence-corrected chi connectivity index (χ4v) is 5.22. The highest BCUT2D eigenvalue weighted by molar-refractivity contribution is 6.33. The Hall–Kier alpha value is -2.57. The van der Waals surface area contributed by atoms with Gasteiger partial charge >= 0.3 is 0 Å². The summed E-state index contributed by atoms with van der Waals surface area (Å²) in [5.41, 5.74) is 4.01. The number of piperazine rings is 1. The minimum absolute atomic E-state index is 0.0813. The number of fused-ring (bicyclic) bond motifs is 1. The van der Waals surface area contributed by atoms with E-state index < -0.39 is 5.60 Å². The van der Waals surface area contributed by atoms with E-state index in [-0.39, 0.29) is 11.8 Å². The second-order valence-corrected chi connectivity index (χ2v) is 10.1. The summed E-state index contributed by atoms with van der Waals surface area (Å²) in [4.78, 5) is 31.2. The lowest BCUT2D eigenvalue weighted by Gasteiger charge is -2.35. The molecule has 7 heteroatoms. The van der Waals surface area contributed by atoms with Crippen molar-refractivity contribution >= 4 is 29.1 Å². The number of amides is 2. The van der Waals surface area contributed by atoms with Crippen molar-refractivity contribution in [1.82, 2.24) is 9.80 Å². The Kier molecular flexibility index (Phi) is 5.61. The summed E-state index contributed by atoms with van der Waals surface area (Å²) in [6.45, 7) is 7.26. The second-order valence-electron chi connectivity index (χ2n) is 9.69. The number of rotatable bonds is 4. The van der Waals surface area contributed by atoms with Crippen molar-refractivity contribution in [1.29, 1.82) is 0 Å². The van der Waals surface area contributed by atoms with Gasteiger partial charge in [0.25, 0.3) is 11.8 Å². The van der Waals surface area contributed by atoms with E-state index in [4.69, 9.17) is 11.6 Å². The highest BCUT2D eigenvalue weighted by Crippen LogP contribution is 2.38. The van der Waals surface area contributed by atoms with Crippen molar-refractivity contribution in [3.8, 4) is 11.1 Å². The van der Waals surface area contributed by atoms with E-state index >= 15 is 0 Å². The zero-order valence-corrected chi connectivity index (χ0v) is 19.9. The molecule has 33 heavy (non-hydrogen) atoms. The molecular weight excluding hydrogens is 438 g/mol. The Morgan fingerprint density at radius 2 is 1.67 bits per heavy atom. The third-order valence-corrected chi connectivity index (χ3v) is 7.45. The molecule has 2 aliphatic heterocycles. The van der Waals surface area contributed by atoms with E-state index in [0.717, 1.165) is 24.1 Å². The zero-order chi connectivity index (χ0) is 23.3. The molecule has 0 radical (unpaired) electrons. The molecule has 0 unspecified atom stereocenters. The number of nitrogens with zero attached hydrogens (tertiary/aromatic N) is 3. The van der Waals surface area contributed by atoms with Gasteiger partial charge in [0.15, 0.2) is 0 Å². The van der Waals surface area contributed by atoms with Crippen molar-refractivity contribution in [3.63, 3.8) is 0 Å². The van der Waals surface area contributed by atoms with Gasteiger partial charge in [0, 0.05) is 60.6 Å². The lowest BCUT2D eigenvalue weighted by molar-refractivity contribution is -0.143. The van der Waals surface area contributed by atoms with Crippen molar-refractivity contribution < 1.29 is 14.7 Å². The molecule has 2 aromatic rings. The summed E-state index contributed by atoms with van der Waals surface area (Å²) in [5.74, 6) is -0.282. The standard InChI is InChI=1S/C26H30ClN3O3/c1-17(2)30-10-7-19-15-18(4-6-23(19)30)21-5-3-20(16-22(21)27)24(31)28-11-13-29(14-12-28)25(32)26(33)8-9-26/h3-6,15-17,33H,7-14H2,1-2H3. The van der Waals surface area contributed by atoms with Gasteiger partial charge in [-0.3, -0.25) is 9.59 Å². The summed E-state index contributed by atoms with van der Waals surface area (Å²) < 4.78 is 0. The fourth-order valence-electron chi connectivity index (χ4n) is 4.94. The van der Waals surface area contributed by atoms with Crippen LogP contribution in [-0.2, 0) is 11.2 Å². The first-order valence-electron chi connectivity index (χ1n) is 11.8. The number of carbonyl (C=O) groups is 2. The minimum atomic E-state index is -1.15. The largest absolute Gasteiger partial charge is 0.380 e. The number of hydrogen-bond donors (Lipinski definition) is 1. The van der Waals surface area contributed by atoms with Crippen molar-refractivity contribution in [2.75, 3.05) is 37.6 Å². The molecule has 1 N–H and O–H groups in total. The van der Waals surface area contributed by atoms with Crippen molar-refractivity contribution in [3.05, 3.63) is 52.5 Å². The van der Waals surface area contributed by atoms with Crippen molar-refractivity contribution in [2.45, 2.75) is 44.8 Å². The Labute approximate surface area is 199 Å². The molecule has 174 valence electrons. The van der Waals surface area contributed by atoms with Gasteiger partial charge in [-0.05, 0) is 68.5 Å². The lowest BCUT2D eigenvalue weighted by atomic mass is 10.00. The molecule has 2 aromatic carbocycles. The summed E-state index contributed by atoms with van der Waals surface area (Å²) in [6, 6.07) is 12.5. The van der Waals surface area contributed by atoms with Crippen LogP contribution in [0.1, 0.15) is 42.6 Å². The van der Waals surface area contributed by atoms with Gasteiger partial charge < -0.3 is 19.8 Å². The predicted octanol–water partition coefficient (Wildman–Crippen LogP) is 3.59. The highest BCUT2D eigenvalue weighted by atomic mass is 35.5. The average Bonchev–Trinajstić information content (AvgIpc) is 3.42. The van der Waals surface area contributed by atoms with E-state index in [1.165, 1.54) is 11.3 Å². The van der Waals surface area contributed by atoms with E-state index in [1.54, 1.807) is 15.9 Å². The van der Waals surface area contributed by atoms with Crippen LogP contribution in [0.25, 0.3) is 11.1 Å². The van der Waals surface area contributed by atoms with Crippen molar-refractivity contribution in [2.24, 2.45) is 0 Å². The molecular formula is C26H30ClN3O3. The molecule has 0 spiro atoms. The van der Waals surface area contributed by atoms with Crippen LogP contribution in [0.2, 0.25) is 5.02 Å². The highest BCUT2D eigenvalue weighted by Gasteiger charge is 2.50. The minimum Gasteiger partial charge on any atom is -0.380 e. The number of carbonyl (C=O) groups excluding carboxylic acids is 2. The van der Waals surface area contributed by atoms with Crippen LogP contribution in [0.3, 0.4) is 0 Å². The van der Waals surface area contributed by atoms with Gasteiger partial charge in [-0.25, -0.2) is 0 Å². The third-order valence-electron chi connectivity index (χ3n) is 7.14. The molecule has 6 nitrogen and oxygen atoms in total. The van der Waals surface area contributed by atoms with Crippen LogP contribution in [0.4, 0.5) is 5.69 Å². The van der Waals surface area contributed by atoms with Crippen LogP contribution in [0.5, 0.6) is 0 Å². The molecule has 2 fully saturated rings. The zero-order valence-electron chi connectivity index (χ0n) is 19.2. The molecule has 2 amide bonds. The van der Waals surface area contributed by atoms with E-state index in [2.05, 4.69) is 36.9 Å². The molecule has 0 aromatic heterocycles. The lowest BCUT2D eigenvalue weighted by Crippen LogP contribution is -2.53. The molecule has 0 atom stereocenters. The molecule has 1 saturated heterocycles. The van der Waals surface area contributed by atoms with Gasteiger partial charge in [0.2, 0.25) is 0 Å². The van der Waals surface area contributed by atoms with Gasteiger partial charge in [-0.1, -0.05) is 23.7 Å². The summed E-state index contributed by atoms with van der Waals surface area (Å²) in [7, 11) is 0. The maximum atomic E-state index is 13.0. The van der Waals surface area contributed by atoms with Gasteiger partial charge in [0.05, 0.1) is 0 Å². The summed E-state index contributed by atoms with van der Waals surface area (Å²) in [6.07, 6.45) is 2.10. The summed E-state index contributed by atoms with van der Waals surface area (Å²) in [5, 5.41) is 10.6. The Balaban J connectivity index is 1.28. The maximum Gasteiger partial charge on any atom is 0.254 e. The Morgan fingerprint density at radius 1 is 0.970 bits per heavy atom. The third kappa shape index (κ3) is 4.11. The fraction of sp³-hybridized carbons (Fsp3) is 0.462. The monoisotopic (exact) mass is 467 g/mol. The molecule has 1 aliphatic carbocycles. The Morgan fingerprint density at radius 3 is 2.30 bits per heavy atom. The SMILES string of the molecule is CC(C)N1CCc2cc(-c3ccc(C(=O)N4CCN(C(=O)C5(O)CC5)CC4)cc3Cl)ccc21. The average molecular weight is 468 g/mol. The molecule has 2 heterocycles. The molecule has 3 aliphatic rings. The molecule has 1 saturated carbocycles. The van der Waals surface area contributed by atoms with Gasteiger partial charge in [-0.2, -0.15) is 0 Å². The number of hydrogen-bond acceptors (Lipinski definition) is 4. The first-order chi connectivity index (χ1) is 15.8. The second kappa shape index (κ2) is 8.33. The van der Waals surface area contributed by atoms with Gasteiger partial charge in [0.1, 0.15) is 5.60 Å². The van der Waals surface area contributed by atoms with E-state index in [9.17, 15) is 14.7 Å². The van der Waals surface area contributed by atoms with E-state index in [1.807, 2.05) is 12.1 Å². The predicted molar refractivity (Wildman–Crippen MR) is 130 cm³/mol. The molecule has 5 rings (SSSR count). The number of halogens is 1. The van der Waals surface area contributed by atoms with Crippen LogP contribution < -0.4 is 4.90 Å².